The van der Waals surface area contributed by atoms with Crippen LogP contribution < -0.4 is 5.30 Å². The van der Waals surface area contributed by atoms with E-state index >= 15 is 0 Å². The fourth-order valence-corrected chi connectivity index (χ4v) is 1.30. The van der Waals surface area contributed by atoms with Gasteiger partial charge in [-0.25, -0.2) is 0 Å². The van der Waals surface area contributed by atoms with Crippen molar-refractivity contribution in [1.29, 1.82) is 0 Å². The SMILES string of the molecule is O[PH](O)(O)c1ccccc1.[NaH]. The summed E-state index contributed by atoms with van der Waals surface area (Å²) in [6, 6.07) is 7.97. The van der Waals surface area contributed by atoms with Gasteiger partial charge < -0.3 is 0 Å². The maximum atomic E-state index is 8.74. The first kappa shape index (κ1) is 11.5. The molecule has 1 aromatic carbocycles. The molecule has 0 saturated heterocycles. The molecular formula is C6H10NaO3P. The van der Waals surface area contributed by atoms with E-state index in [0.29, 0.717) is 0 Å². The molecule has 0 aliphatic carbocycles. The average molecular weight is 184 g/mol. The summed E-state index contributed by atoms with van der Waals surface area (Å²) < 4.78 is 0. The third-order valence-electron chi connectivity index (χ3n) is 1.16. The Labute approximate surface area is 87.6 Å². The Morgan fingerprint density at radius 3 is 1.64 bits per heavy atom. The molecule has 0 aliphatic heterocycles. The van der Waals surface area contributed by atoms with Gasteiger partial charge in [0.2, 0.25) is 0 Å². The zero-order chi connectivity index (χ0) is 7.61. The summed E-state index contributed by atoms with van der Waals surface area (Å²) in [7, 11) is -4.03. The van der Waals surface area contributed by atoms with Crippen LogP contribution in [0.3, 0.4) is 0 Å². The summed E-state index contributed by atoms with van der Waals surface area (Å²) in [5, 5.41) is 0.204. The van der Waals surface area contributed by atoms with Gasteiger partial charge in [-0.15, -0.1) is 0 Å². The molecule has 3 nitrogen and oxygen atoms in total. The molecule has 0 spiro atoms. The van der Waals surface area contributed by atoms with Gasteiger partial charge in [-0.1, -0.05) is 0 Å². The predicted octanol–water partition coefficient (Wildman–Crippen LogP) is -0.865. The van der Waals surface area contributed by atoms with Crippen LogP contribution in [0.1, 0.15) is 0 Å². The second kappa shape index (κ2) is 4.53. The molecule has 58 valence electrons. The van der Waals surface area contributed by atoms with Crippen LogP contribution in [0.4, 0.5) is 0 Å². The fraction of sp³-hybridized carbons (Fsp3) is 0. The third-order valence-corrected chi connectivity index (χ3v) is 2.27. The molecule has 0 bridgehead atoms. The van der Waals surface area contributed by atoms with Gasteiger partial charge in [0.05, 0.1) is 0 Å². The molecule has 0 aliphatic rings. The van der Waals surface area contributed by atoms with Crippen LogP contribution in [0, 0.1) is 0 Å². The first-order valence-corrected chi connectivity index (χ1v) is 4.67. The fourth-order valence-electron chi connectivity index (χ4n) is 0.662. The van der Waals surface area contributed by atoms with Gasteiger partial charge in [-0.3, -0.25) is 0 Å². The molecule has 0 amide bonds. The van der Waals surface area contributed by atoms with E-state index in [0.717, 1.165) is 0 Å². The maximum absolute atomic E-state index is 8.74. The van der Waals surface area contributed by atoms with E-state index < -0.39 is 7.94 Å². The Bertz CT molecular complexity index is 209. The van der Waals surface area contributed by atoms with Crippen molar-refractivity contribution in [1.82, 2.24) is 0 Å². The van der Waals surface area contributed by atoms with E-state index in [2.05, 4.69) is 0 Å². The normalized spacial score (nSPS) is 11.9. The van der Waals surface area contributed by atoms with E-state index in [1.165, 1.54) is 12.1 Å². The molecule has 5 heteroatoms. The molecule has 0 radical (unpaired) electrons. The van der Waals surface area contributed by atoms with Crippen LogP contribution in [-0.4, -0.2) is 44.2 Å². The van der Waals surface area contributed by atoms with Crippen molar-refractivity contribution < 1.29 is 14.7 Å². The Morgan fingerprint density at radius 1 is 0.909 bits per heavy atom. The Hall–Kier alpha value is 0.530. The summed E-state index contributed by atoms with van der Waals surface area (Å²) in [6.45, 7) is 0. The van der Waals surface area contributed by atoms with Crippen molar-refractivity contribution in [2.24, 2.45) is 0 Å². The van der Waals surface area contributed by atoms with Crippen molar-refractivity contribution in [3.8, 4) is 0 Å². The zero-order valence-electron chi connectivity index (χ0n) is 5.23. The molecule has 11 heavy (non-hydrogen) atoms. The van der Waals surface area contributed by atoms with Gasteiger partial charge >= 0.3 is 87.8 Å². The van der Waals surface area contributed by atoms with E-state index in [-0.39, 0.29) is 34.9 Å². The van der Waals surface area contributed by atoms with Crippen LogP contribution in [0.15, 0.2) is 30.3 Å². The second-order valence-electron chi connectivity index (χ2n) is 2.00. The molecule has 0 fully saturated rings. The first-order valence-electron chi connectivity index (χ1n) is 2.83. The van der Waals surface area contributed by atoms with E-state index in [1.807, 2.05) is 0 Å². The van der Waals surface area contributed by atoms with Crippen molar-refractivity contribution in [2.45, 2.75) is 0 Å². The minimum atomic E-state index is -4.03. The van der Waals surface area contributed by atoms with Crippen LogP contribution in [0.5, 0.6) is 0 Å². The molecule has 1 aromatic rings. The standard InChI is InChI=1S/C6H9O3P.Na.H/c7-10(8,9)6-4-2-1-3-5-6;;/h1-5,7-10H;;. The number of hydrogen-bond donors (Lipinski definition) is 3. The molecular weight excluding hydrogens is 174 g/mol. The van der Waals surface area contributed by atoms with E-state index in [4.69, 9.17) is 14.7 Å². The van der Waals surface area contributed by atoms with Crippen molar-refractivity contribution >= 4 is 42.8 Å². The molecule has 0 aromatic heterocycles. The molecule has 0 saturated carbocycles. The van der Waals surface area contributed by atoms with Crippen molar-refractivity contribution in [2.75, 3.05) is 0 Å². The summed E-state index contributed by atoms with van der Waals surface area (Å²) >= 11 is 0. The first-order chi connectivity index (χ1) is 4.61. The topological polar surface area (TPSA) is 60.7 Å². The number of rotatable bonds is 1. The quantitative estimate of drug-likeness (QED) is 0.393. The van der Waals surface area contributed by atoms with Crippen LogP contribution in [0.25, 0.3) is 0 Å². The van der Waals surface area contributed by atoms with Gasteiger partial charge in [-0.05, 0) is 0 Å². The van der Waals surface area contributed by atoms with Crippen LogP contribution in [0.2, 0.25) is 0 Å². The van der Waals surface area contributed by atoms with Gasteiger partial charge in [-0.2, -0.15) is 0 Å². The summed E-state index contributed by atoms with van der Waals surface area (Å²) in [5.41, 5.74) is 0. The Balaban J connectivity index is 0.000001000. The Morgan fingerprint density at radius 2 is 1.36 bits per heavy atom. The van der Waals surface area contributed by atoms with Crippen molar-refractivity contribution in [3.05, 3.63) is 30.3 Å². The van der Waals surface area contributed by atoms with E-state index in [9.17, 15) is 0 Å². The summed E-state index contributed by atoms with van der Waals surface area (Å²) in [5.74, 6) is 0. The molecule has 0 atom stereocenters. The van der Waals surface area contributed by atoms with Gasteiger partial charge in [0.1, 0.15) is 0 Å². The predicted molar refractivity (Wildman–Crippen MR) is 48.2 cm³/mol. The summed E-state index contributed by atoms with van der Waals surface area (Å²) in [6.07, 6.45) is 0. The minimum absolute atomic E-state index is 0. The second-order valence-corrected chi connectivity index (χ2v) is 3.85. The molecule has 0 unspecified atom stereocenters. The van der Waals surface area contributed by atoms with Gasteiger partial charge in [0.15, 0.2) is 0 Å². The van der Waals surface area contributed by atoms with E-state index in [1.54, 1.807) is 18.2 Å². The Kier molecular flexibility index (Phi) is 4.75. The van der Waals surface area contributed by atoms with Crippen LogP contribution >= 0.6 is 7.94 Å². The van der Waals surface area contributed by atoms with Gasteiger partial charge in [0.25, 0.3) is 0 Å². The van der Waals surface area contributed by atoms with Crippen molar-refractivity contribution in [3.63, 3.8) is 0 Å². The summed E-state index contributed by atoms with van der Waals surface area (Å²) in [4.78, 5) is 26.2. The zero-order valence-corrected chi connectivity index (χ0v) is 6.23. The third kappa shape index (κ3) is 3.63. The average Bonchev–Trinajstić information content (AvgIpc) is 1.88. The van der Waals surface area contributed by atoms with Crippen LogP contribution in [-0.2, 0) is 0 Å². The number of benzene rings is 1. The monoisotopic (exact) mass is 184 g/mol. The molecule has 0 heterocycles. The van der Waals surface area contributed by atoms with Gasteiger partial charge in [0, 0.05) is 0 Å². The molecule has 3 N–H and O–H groups in total. The number of hydrogen-bond acceptors (Lipinski definition) is 3. The molecule has 1 rings (SSSR count).